The SMILES string of the molecule is COC(=O)C(OC(C)(C)C)c1c(C)cc2nc(N3CCC(c4ccccc4)C3)sc2c1-c1ccc(Cl)cc1. The fourth-order valence-electron chi connectivity index (χ4n) is 5.19. The third kappa shape index (κ3) is 5.44. The van der Waals surface area contributed by atoms with Gasteiger partial charge in [-0.05, 0) is 69.0 Å². The fraction of sp³-hybridized carbons (Fsp3) is 0.355. The average molecular weight is 549 g/mol. The van der Waals surface area contributed by atoms with Crippen LogP contribution in [0.15, 0.2) is 60.7 Å². The van der Waals surface area contributed by atoms with Crippen LogP contribution in [0.5, 0.6) is 0 Å². The lowest BCUT2D eigenvalue weighted by Gasteiger charge is -2.28. The third-order valence-electron chi connectivity index (χ3n) is 6.93. The predicted octanol–water partition coefficient (Wildman–Crippen LogP) is 7.95. The van der Waals surface area contributed by atoms with Crippen LogP contribution in [0.2, 0.25) is 5.02 Å². The lowest BCUT2D eigenvalue weighted by molar-refractivity contribution is -0.164. The van der Waals surface area contributed by atoms with E-state index < -0.39 is 17.7 Å². The summed E-state index contributed by atoms with van der Waals surface area (Å²) in [6.07, 6.45) is 0.216. The molecule has 1 aromatic heterocycles. The average Bonchev–Trinajstić information content (AvgIpc) is 3.54. The molecule has 0 saturated carbocycles. The number of halogens is 1. The number of esters is 1. The topological polar surface area (TPSA) is 51.7 Å². The fourth-order valence-corrected chi connectivity index (χ4v) is 6.48. The van der Waals surface area contributed by atoms with Crippen LogP contribution in [0.3, 0.4) is 0 Å². The summed E-state index contributed by atoms with van der Waals surface area (Å²) in [5.74, 6) is 0.0627. The van der Waals surface area contributed by atoms with Crippen molar-refractivity contribution in [1.29, 1.82) is 0 Å². The van der Waals surface area contributed by atoms with Gasteiger partial charge in [-0.25, -0.2) is 9.78 Å². The molecule has 2 unspecified atom stereocenters. The van der Waals surface area contributed by atoms with Crippen LogP contribution in [0.25, 0.3) is 21.3 Å². The number of hydrogen-bond acceptors (Lipinski definition) is 6. The maximum Gasteiger partial charge on any atom is 0.339 e. The zero-order valence-electron chi connectivity index (χ0n) is 22.5. The summed E-state index contributed by atoms with van der Waals surface area (Å²) in [6, 6.07) is 20.5. The lowest BCUT2D eigenvalue weighted by Crippen LogP contribution is -2.29. The first-order valence-electron chi connectivity index (χ1n) is 12.9. The van der Waals surface area contributed by atoms with Gasteiger partial charge < -0.3 is 14.4 Å². The summed E-state index contributed by atoms with van der Waals surface area (Å²) in [6.45, 7) is 9.74. The van der Waals surface area contributed by atoms with Gasteiger partial charge in [0.05, 0.1) is 22.9 Å². The van der Waals surface area contributed by atoms with E-state index >= 15 is 0 Å². The summed E-state index contributed by atoms with van der Waals surface area (Å²) in [5.41, 5.74) is 5.37. The normalized spacial score (nSPS) is 16.7. The zero-order valence-corrected chi connectivity index (χ0v) is 24.0. The number of carbonyl (C=O) groups is 1. The Morgan fingerprint density at radius 3 is 2.50 bits per heavy atom. The zero-order chi connectivity index (χ0) is 27.0. The molecule has 0 bridgehead atoms. The molecule has 3 aromatic carbocycles. The molecule has 0 amide bonds. The van der Waals surface area contributed by atoms with Gasteiger partial charge in [-0.1, -0.05) is 65.4 Å². The first-order chi connectivity index (χ1) is 18.1. The minimum atomic E-state index is -0.880. The Labute approximate surface area is 233 Å². The first kappa shape index (κ1) is 26.7. The van der Waals surface area contributed by atoms with Crippen molar-refractivity contribution in [2.24, 2.45) is 0 Å². The number of carbonyl (C=O) groups excluding carboxylic acids is 1. The quantitative estimate of drug-likeness (QED) is 0.229. The molecule has 5 rings (SSSR count). The molecule has 4 aromatic rings. The van der Waals surface area contributed by atoms with Gasteiger partial charge in [0.15, 0.2) is 11.2 Å². The van der Waals surface area contributed by atoms with Gasteiger partial charge in [0.25, 0.3) is 0 Å². The smallest absolute Gasteiger partial charge is 0.339 e. The second kappa shape index (κ2) is 10.7. The van der Waals surface area contributed by atoms with Crippen LogP contribution in [0, 0.1) is 6.92 Å². The first-order valence-corrected chi connectivity index (χ1v) is 14.1. The maximum atomic E-state index is 13.1. The molecule has 7 heteroatoms. The Balaban J connectivity index is 1.64. The molecule has 38 heavy (non-hydrogen) atoms. The van der Waals surface area contributed by atoms with Crippen LogP contribution in [-0.4, -0.2) is 36.8 Å². The van der Waals surface area contributed by atoms with Crippen LogP contribution < -0.4 is 4.90 Å². The predicted molar refractivity (Wildman–Crippen MR) is 156 cm³/mol. The van der Waals surface area contributed by atoms with Crippen molar-refractivity contribution in [3.05, 3.63) is 82.4 Å². The van der Waals surface area contributed by atoms with Gasteiger partial charge in [-0.3, -0.25) is 0 Å². The van der Waals surface area contributed by atoms with Crippen molar-refractivity contribution >= 4 is 44.3 Å². The van der Waals surface area contributed by atoms with E-state index in [2.05, 4.69) is 41.3 Å². The highest BCUT2D eigenvalue weighted by Crippen LogP contribution is 2.45. The number of aryl methyl sites for hydroxylation is 1. The van der Waals surface area contributed by atoms with Crippen molar-refractivity contribution in [3.63, 3.8) is 0 Å². The molecular weight excluding hydrogens is 516 g/mol. The second-order valence-electron chi connectivity index (χ2n) is 10.8. The van der Waals surface area contributed by atoms with Crippen LogP contribution in [0.1, 0.15) is 55.9 Å². The molecule has 0 N–H and O–H groups in total. The molecule has 0 spiro atoms. The highest BCUT2D eigenvalue weighted by molar-refractivity contribution is 7.22. The van der Waals surface area contributed by atoms with E-state index in [1.807, 2.05) is 52.0 Å². The highest BCUT2D eigenvalue weighted by Gasteiger charge is 2.34. The summed E-state index contributed by atoms with van der Waals surface area (Å²) in [5, 5.41) is 1.65. The van der Waals surface area contributed by atoms with Gasteiger partial charge in [0, 0.05) is 35.2 Å². The summed E-state index contributed by atoms with van der Waals surface area (Å²) in [7, 11) is 1.40. The highest BCUT2D eigenvalue weighted by atomic mass is 35.5. The third-order valence-corrected chi connectivity index (χ3v) is 8.33. The van der Waals surface area contributed by atoms with Crippen molar-refractivity contribution in [2.45, 2.75) is 51.7 Å². The Kier molecular flexibility index (Phi) is 7.49. The van der Waals surface area contributed by atoms with Gasteiger partial charge in [-0.2, -0.15) is 0 Å². The minimum absolute atomic E-state index is 0.424. The van der Waals surface area contributed by atoms with Gasteiger partial charge in [-0.15, -0.1) is 0 Å². The molecular formula is C31H33ClN2O3S. The molecule has 5 nitrogen and oxygen atoms in total. The van der Waals surface area contributed by atoms with Crippen molar-refractivity contribution < 1.29 is 14.3 Å². The molecule has 1 aliphatic rings. The van der Waals surface area contributed by atoms with E-state index in [4.69, 9.17) is 26.1 Å². The van der Waals surface area contributed by atoms with E-state index in [1.54, 1.807) is 11.3 Å². The van der Waals surface area contributed by atoms with E-state index in [0.717, 1.165) is 57.1 Å². The number of rotatable bonds is 6. The molecule has 2 heterocycles. The Morgan fingerprint density at radius 1 is 1.13 bits per heavy atom. The molecule has 198 valence electrons. The Bertz CT molecular complexity index is 1440. The summed E-state index contributed by atoms with van der Waals surface area (Å²) in [4.78, 5) is 20.6. The molecule has 1 aliphatic heterocycles. The molecule has 0 radical (unpaired) electrons. The van der Waals surface area contributed by atoms with E-state index in [0.29, 0.717) is 10.9 Å². The number of methoxy groups -OCH3 is 1. The summed E-state index contributed by atoms with van der Waals surface area (Å²) < 4.78 is 12.6. The minimum Gasteiger partial charge on any atom is -0.467 e. The number of thiazole rings is 1. The Hall–Kier alpha value is -2.93. The molecule has 0 aliphatic carbocycles. The monoisotopic (exact) mass is 548 g/mol. The molecule has 1 saturated heterocycles. The second-order valence-corrected chi connectivity index (χ2v) is 12.2. The number of hydrogen-bond donors (Lipinski definition) is 0. The number of nitrogens with zero attached hydrogens (tertiary/aromatic N) is 2. The van der Waals surface area contributed by atoms with Crippen molar-refractivity contribution in [1.82, 2.24) is 4.98 Å². The summed E-state index contributed by atoms with van der Waals surface area (Å²) >= 11 is 7.92. The van der Waals surface area contributed by atoms with Gasteiger partial charge in [0.2, 0.25) is 0 Å². The Morgan fingerprint density at radius 2 is 1.84 bits per heavy atom. The van der Waals surface area contributed by atoms with Crippen LogP contribution in [-0.2, 0) is 14.3 Å². The van der Waals surface area contributed by atoms with Crippen LogP contribution >= 0.6 is 22.9 Å². The number of benzene rings is 3. The number of fused-ring (bicyclic) bond motifs is 1. The van der Waals surface area contributed by atoms with Crippen molar-refractivity contribution in [2.75, 3.05) is 25.1 Å². The largest absolute Gasteiger partial charge is 0.467 e. The van der Waals surface area contributed by atoms with Gasteiger partial charge in [0.1, 0.15) is 0 Å². The molecule has 2 atom stereocenters. The van der Waals surface area contributed by atoms with Crippen LogP contribution in [0.4, 0.5) is 5.13 Å². The van der Waals surface area contributed by atoms with E-state index in [-0.39, 0.29) is 0 Å². The number of aromatic nitrogens is 1. The van der Waals surface area contributed by atoms with Crippen molar-refractivity contribution in [3.8, 4) is 11.1 Å². The number of ether oxygens (including phenoxy) is 2. The number of anilines is 1. The maximum absolute atomic E-state index is 13.1. The lowest BCUT2D eigenvalue weighted by atomic mass is 9.91. The van der Waals surface area contributed by atoms with Gasteiger partial charge >= 0.3 is 5.97 Å². The van der Waals surface area contributed by atoms with E-state index in [1.165, 1.54) is 12.7 Å². The standard InChI is InChI=1S/C31H33ClN2O3S/c1-19-17-24-28(38-30(33-24)34-16-15-22(18-34)20-9-7-6-8-10-20)26(21-11-13-23(32)14-12-21)25(19)27(29(35)36-5)37-31(2,3)4/h6-14,17,22,27H,15-16,18H2,1-5H3. The molecule has 1 fully saturated rings. The van der Waals surface area contributed by atoms with E-state index in [9.17, 15) is 4.79 Å².